The zero-order chi connectivity index (χ0) is 11.7. The zero-order valence-electron chi connectivity index (χ0n) is 9.86. The Kier molecular flexibility index (Phi) is 2.66. The molecule has 0 bridgehead atoms. The van der Waals surface area contributed by atoms with Crippen molar-refractivity contribution in [1.82, 2.24) is 9.55 Å². The van der Waals surface area contributed by atoms with E-state index in [1.165, 1.54) is 0 Å². The number of aromatic nitrogens is 2. The molecule has 2 aromatic rings. The highest BCUT2D eigenvalue weighted by Gasteiger charge is 2.10. The fourth-order valence-corrected chi connectivity index (χ4v) is 1.96. The van der Waals surface area contributed by atoms with Crippen LogP contribution in [0.2, 0.25) is 0 Å². The van der Waals surface area contributed by atoms with Crippen molar-refractivity contribution in [2.45, 2.75) is 26.2 Å². The molecular weight excluding hydrogens is 198 g/mol. The van der Waals surface area contributed by atoms with Crippen LogP contribution in [0.1, 0.15) is 30.7 Å². The molecule has 1 aromatic carbocycles. The van der Waals surface area contributed by atoms with Crippen LogP contribution in [0.5, 0.6) is 0 Å². The van der Waals surface area contributed by atoms with Crippen molar-refractivity contribution in [3.05, 3.63) is 29.6 Å². The minimum atomic E-state index is -0.0216. The highest BCUT2D eigenvalue weighted by Crippen LogP contribution is 2.23. The molecule has 0 aliphatic rings. The van der Waals surface area contributed by atoms with E-state index in [-0.39, 0.29) is 5.92 Å². The Balaban J connectivity index is 2.57. The van der Waals surface area contributed by atoms with Crippen LogP contribution in [0.4, 0.5) is 0 Å². The van der Waals surface area contributed by atoms with Gasteiger partial charge in [-0.1, -0.05) is 13.0 Å². The van der Waals surface area contributed by atoms with Crippen molar-refractivity contribution >= 4 is 11.0 Å². The summed E-state index contributed by atoms with van der Waals surface area (Å²) in [6.07, 6.45) is 0.841. The molecule has 0 radical (unpaired) electrons. The van der Waals surface area contributed by atoms with Gasteiger partial charge >= 0.3 is 0 Å². The molecule has 1 unspecified atom stereocenters. The highest BCUT2D eigenvalue weighted by molar-refractivity contribution is 5.77. The molecule has 0 fully saturated rings. The molecule has 0 amide bonds. The van der Waals surface area contributed by atoms with Crippen LogP contribution >= 0.6 is 0 Å². The van der Waals surface area contributed by atoms with Crippen LogP contribution in [-0.2, 0) is 7.05 Å². The number of aryl methyl sites for hydroxylation is 2. The maximum atomic E-state index is 9.04. The van der Waals surface area contributed by atoms with E-state index in [0.717, 1.165) is 28.8 Å². The normalized spacial score (nSPS) is 12.6. The number of rotatable bonds is 2. The SMILES string of the molecule is CCC(C#N)c1ccc2c(c1)nc(C)n2C. The molecule has 16 heavy (non-hydrogen) atoms. The summed E-state index contributed by atoms with van der Waals surface area (Å²) in [5, 5.41) is 9.04. The standard InChI is InChI=1S/C13H15N3/c1-4-10(8-14)11-5-6-13-12(7-11)15-9(2)16(13)3/h5-7,10H,4H2,1-3H3. The summed E-state index contributed by atoms with van der Waals surface area (Å²) >= 11 is 0. The van der Waals surface area contributed by atoms with Crippen molar-refractivity contribution in [1.29, 1.82) is 5.26 Å². The van der Waals surface area contributed by atoms with E-state index in [4.69, 9.17) is 5.26 Å². The number of hydrogen-bond donors (Lipinski definition) is 0. The summed E-state index contributed by atoms with van der Waals surface area (Å²) in [5.74, 6) is 0.976. The van der Waals surface area contributed by atoms with Crippen LogP contribution < -0.4 is 0 Å². The number of imidazole rings is 1. The molecule has 0 aliphatic carbocycles. The first-order chi connectivity index (χ1) is 7.67. The Bertz CT molecular complexity index is 560. The molecular formula is C13H15N3. The summed E-state index contributed by atoms with van der Waals surface area (Å²) in [7, 11) is 2.01. The molecule has 0 N–H and O–H groups in total. The summed E-state index contributed by atoms with van der Waals surface area (Å²) in [5.41, 5.74) is 3.16. The van der Waals surface area contributed by atoms with E-state index in [9.17, 15) is 0 Å². The van der Waals surface area contributed by atoms with E-state index < -0.39 is 0 Å². The van der Waals surface area contributed by atoms with Gasteiger partial charge in [-0.2, -0.15) is 5.26 Å². The van der Waals surface area contributed by atoms with Gasteiger partial charge in [-0.15, -0.1) is 0 Å². The molecule has 2 rings (SSSR count). The quantitative estimate of drug-likeness (QED) is 0.769. The van der Waals surface area contributed by atoms with E-state index in [2.05, 4.69) is 15.6 Å². The largest absolute Gasteiger partial charge is 0.331 e. The van der Waals surface area contributed by atoms with Crippen molar-refractivity contribution in [2.75, 3.05) is 0 Å². The van der Waals surface area contributed by atoms with Crippen LogP contribution in [0.25, 0.3) is 11.0 Å². The predicted octanol–water partition coefficient (Wildman–Crippen LogP) is 2.90. The fourth-order valence-electron chi connectivity index (χ4n) is 1.96. The van der Waals surface area contributed by atoms with E-state index in [0.29, 0.717) is 0 Å². The van der Waals surface area contributed by atoms with Gasteiger partial charge < -0.3 is 4.57 Å². The van der Waals surface area contributed by atoms with Crippen LogP contribution in [0.15, 0.2) is 18.2 Å². The van der Waals surface area contributed by atoms with Crippen molar-refractivity contribution in [3.8, 4) is 6.07 Å². The van der Waals surface area contributed by atoms with E-state index >= 15 is 0 Å². The summed E-state index contributed by atoms with van der Waals surface area (Å²) in [6.45, 7) is 4.02. The Labute approximate surface area is 95.3 Å². The monoisotopic (exact) mass is 213 g/mol. The van der Waals surface area contributed by atoms with Crippen LogP contribution in [0, 0.1) is 18.3 Å². The van der Waals surface area contributed by atoms with Crippen molar-refractivity contribution < 1.29 is 0 Å². The van der Waals surface area contributed by atoms with Gasteiger partial charge in [-0.3, -0.25) is 0 Å². The highest BCUT2D eigenvalue weighted by atomic mass is 15.0. The Morgan fingerprint density at radius 2 is 2.25 bits per heavy atom. The molecule has 3 nitrogen and oxygen atoms in total. The van der Waals surface area contributed by atoms with Crippen LogP contribution in [-0.4, -0.2) is 9.55 Å². The first-order valence-electron chi connectivity index (χ1n) is 5.50. The van der Waals surface area contributed by atoms with Gasteiger partial charge in [0.2, 0.25) is 0 Å². The van der Waals surface area contributed by atoms with Gasteiger partial charge in [0, 0.05) is 7.05 Å². The molecule has 1 heterocycles. The van der Waals surface area contributed by atoms with Crippen LogP contribution in [0.3, 0.4) is 0 Å². The molecule has 82 valence electrons. The average molecular weight is 213 g/mol. The maximum absolute atomic E-state index is 9.04. The summed E-state index contributed by atoms with van der Waals surface area (Å²) in [4.78, 5) is 4.48. The third-order valence-electron chi connectivity index (χ3n) is 3.09. The third-order valence-corrected chi connectivity index (χ3v) is 3.09. The van der Waals surface area contributed by atoms with Gasteiger partial charge in [-0.05, 0) is 31.0 Å². The lowest BCUT2D eigenvalue weighted by molar-refractivity contribution is 0.819. The Morgan fingerprint density at radius 1 is 1.50 bits per heavy atom. The summed E-state index contributed by atoms with van der Waals surface area (Å²) < 4.78 is 2.06. The van der Waals surface area contributed by atoms with Gasteiger partial charge in [0.05, 0.1) is 23.0 Å². The summed E-state index contributed by atoms with van der Waals surface area (Å²) in [6, 6.07) is 8.42. The third kappa shape index (κ3) is 1.57. The van der Waals surface area contributed by atoms with Crippen molar-refractivity contribution in [2.24, 2.45) is 7.05 Å². The molecule has 0 saturated carbocycles. The second-order valence-corrected chi connectivity index (χ2v) is 4.06. The van der Waals surface area contributed by atoms with E-state index in [1.54, 1.807) is 0 Å². The maximum Gasteiger partial charge on any atom is 0.106 e. The first kappa shape index (κ1) is 10.7. The average Bonchev–Trinajstić information content (AvgIpc) is 2.56. The molecule has 0 aliphatic heterocycles. The first-order valence-corrected chi connectivity index (χ1v) is 5.50. The molecule has 1 atom stereocenters. The lowest BCUT2D eigenvalue weighted by Gasteiger charge is -2.05. The second kappa shape index (κ2) is 3.97. The van der Waals surface area contributed by atoms with Gasteiger partial charge in [0.1, 0.15) is 5.82 Å². The smallest absolute Gasteiger partial charge is 0.106 e. The number of nitriles is 1. The Hall–Kier alpha value is -1.82. The van der Waals surface area contributed by atoms with E-state index in [1.807, 2.05) is 39.1 Å². The lowest BCUT2D eigenvalue weighted by Crippen LogP contribution is -1.94. The minimum absolute atomic E-state index is 0.0216. The molecule has 0 saturated heterocycles. The Morgan fingerprint density at radius 3 is 2.88 bits per heavy atom. The second-order valence-electron chi connectivity index (χ2n) is 4.06. The molecule has 1 aromatic heterocycles. The fraction of sp³-hybridized carbons (Fsp3) is 0.385. The predicted molar refractivity (Wildman–Crippen MR) is 64.1 cm³/mol. The van der Waals surface area contributed by atoms with Gasteiger partial charge in [0.25, 0.3) is 0 Å². The number of benzene rings is 1. The topological polar surface area (TPSA) is 41.6 Å². The zero-order valence-corrected chi connectivity index (χ0v) is 9.86. The number of fused-ring (bicyclic) bond motifs is 1. The molecule has 0 spiro atoms. The van der Waals surface area contributed by atoms with Gasteiger partial charge in [-0.25, -0.2) is 4.98 Å². The molecule has 3 heteroatoms. The lowest BCUT2D eigenvalue weighted by atomic mass is 9.98. The minimum Gasteiger partial charge on any atom is -0.331 e. The number of hydrogen-bond acceptors (Lipinski definition) is 2. The van der Waals surface area contributed by atoms with Crippen molar-refractivity contribution in [3.63, 3.8) is 0 Å². The van der Waals surface area contributed by atoms with Gasteiger partial charge in [0.15, 0.2) is 0 Å². The number of nitrogens with zero attached hydrogens (tertiary/aromatic N) is 3.